The van der Waals surface area contributed by atoms with E-state index in [1.54, 1.807) is 17.3 Å². The maximum Gasteiger partial charge on any atom is 0.256 e. The van der Waals surface area contributed by atoms with Crippen LogP contribution in [0.15, 0.2) is 53.2 Å². The van der Waals surface area contributed by atoms with E-state index in [9.17, 15) is 4.79 Å². The van der Waals surface area contributed by atoms with Gasteiger partial charge in [-0.3, -0.25) is 4.79 Å². The van der Waals surface area contributed by atoms with Crippen molar-refractivity contribution in [2.45, 2.75) is 32.7 Å². The van der Waals surface area contributed by atoms with Crippen LogP contribution in [0.1, 0.15) is 46.3 Å². The van der Waals surface area contributed by atoms with Crippen molar-refractivity contribution in [2.75, 3.05) is 6.54 Å². The maximum absolute atomic E-state index is 13.6. The Kier molecular flexibility index (Phi) is 5.22. The molecule has 9 heteroatoms. The van der Waals surface area contributed by atoms with E-state index in [1.807, 2.05) is 50.2 Å². The summed E-state index contributed by atoms with van der Waals surface area (Å²) in [6, 6.07) is 10.9. The topological polar surface area (TPSA) is 89.9 Å². The van der Waals surface area contributed by atoms with Gasteiger partial charge in [-0.05, 0) is 56.5 Å². The molecule has 1 amide bonds. The molecule has 32 heavy (non-hydrogen) atoms. The molecule has 1 fully saturated rings. The highest BCUT2D eigenvalue weighted by Gasteiger charge is 2.35. The van der Waals surface area contributed by atoms with Crippen molar-refractivity contribution < 1.29 is 9.21 Å². The van der Waals surface area contributed by atoms with Gasteiger partial charge < -0.3 is 9.32 Å². The number of benzene rings is 2. The van der Waals surface area contributed by atoms with Crippen LogP contribution in [0.25, 0.3) is 17.1 Å². The zero-order valence-electron chi connectivity index (χ0n) is 17.7. The number of likely N-dealkylation sites (tertiary alicyclic amines) is 1. The molecule has 1 atom stereocenters. The lowest BCUT2D eigenvalue weighted by Crippen LogP contribution is -2.31. The fraction of sp³-hybridized carbons (Fsp3) is 0.261. The monoisotopic (exact) mass is 448 g/mol. The summed E-state index contributed by atoms with van der Waals surface area (Å²) in [6.45, 7) is 4.48. The van der Waals surface area contributed by atoms with Gasteiger partial charge >= 0.3 is 0 Å². The third-order valence-electron chi connectivity index (χ3n) is 5.75. The number of hydrogen-bond acceptors (Lipinski definition) is 6. The summed E-state index contributed by atoms with van der Waals surface area (Å²) in [5.41, 5.74) is 3.82. The molecule has 0 N–H and O–H groups in total. The summed E-state index contributed by atoms with van der Waals surface area (Å²) >= 11 is 6.25. The molecule has 0 aliphatic carbocycles. The second-order valence-corrected chi connectivity index (χ2v) is 8.26. The van der Waals surface area contributed by atoms with Gasteiger partial charge in [0.05, 0.1) is 23.6 Å². The quantitative estimate of drug-likeness (QED) is 0.454. The Bertz CT molecular complexity index is 1280. The molecule has 5 rings (SSSR count). The predicted octanol–water partition coefficient (Wildman–Crippen LogP) is 4.56. The van der Waals surface area contributed by atoms with Gasteiger partial charge in [-0.15, -0.1) is 10.2 Å². The summed E-state index contributed by atoms with van der Waals surface area (Å²) < 4.78 is 6.03. The molecule has 0 bridgehead atoms. The van der Waals surface area contributed by atoms with E-state index < -0.39 is 0 Å². The van der Waals surface area contributed by atoms with Crippen molar-refractivity contribution in [3.05, 3.63) is 76.4 Å². The largest absolute Gasteiger partial charge is 0.418 e. The molecule has 1 aliphatic heterocycles. The molecule has 1 aliphatic rings. The standard InChI is InChI=1S/C23H21ClN6O2/c1-14-8-9-19(30-25-10-11-26-30)17(13-14)23(31)29-12-4-7-20(29)22-28-27-21(32-22)16-5-3-6-18(24)15(16)2/h3,5-6,8-11,13,20H,4,7,12H2,1-2H3/t20-/m0/s1. The molecule has 8 nitrogen and oxygen atoms in total. The van der Waals surface area contributed by atoms with Gasteiger partial charge in [0.15, 0.2) is 0 Å². The number of rotatable bonds is 4. The van der Waals surface area contributed by atoms with Gasteiger partial charge in [0.1, 0.15) is 6.04 Å². The van der Waals surface area contributed by atoms with Crippen molar-refractivity contribution in [2.24, 2.45) is 0 Å². The van der Waals surface area contributed by atoms with Crippen LogP contribution in [0.3, 0.4) is 0 Å². The van der Waals surface area contributed by atoms with E-state index in [0.29, 0.717) is 34.6 Å². The molecule has 0 radical (unpaired) electrons. The van der Waals surface area contributed by atoms with Crippen LogP contribution in [0.5, 0.6) is 0 Å². The molecule has 162 valence electrons. The molecule has 4 aromatic rings. The minimum atomic E-state index is -0.290. The molecule has 2 aromatic heterocycles. The second kappa shape index (κ2) is 8.20. The van der Waals surface area contributed by atoms with E-state index in [-0.39, 0.29) is 11.9 Å². The predicted molar refractivity (Wildman–Crippen MR) is 119 cm³/mol. The van der Waals surface area contributed by atoms with Crippen molar-refractivity contribution >= 4 is 17.5 Å². The molecule has 0 unspecified atom stereocenters. The summed E-state index contributed by atoms with van der Waals surface area (Å²) in [6.07, 6.45) is 4.78. The Balaban J connectivity index is 1.48. The fourth-order valence-corrected chi connectivity index (χ4v) is 4.25. The number of amides is 1. The van der Waals surface area contributed by atoms with Crippen LogP contribution in [0.2, 0.25) is 5.02 Å². The molecule has 2 aromatic carbocycles. The lowest BCUT2D eigenvalue weighted by molar-refractivity contribution is 0.0715. The first-order valence-electron chi connectivity index (χ1n) is 10.4. The number of carbonyl (C=O) groups is 1. The van der Waals surface area contributed by atoms with Crippen LogP contribution in [-0.2, 0) is 0 Å². The van der Waals surface area contributed by atoms with Crippen molar-refractivity contribution in [3.8, 4) is 17.1 Å². The summed E-state index contributed by atoms with van der Waals surface area (Å²) in [4.78, 5) is 16.9. The Labute approximate surface area is 189 Å². The van der Waals surface area contributed by atoms with Gasteiger partial charge in [-0.1, -0.05) is 29.3 Å². The Morgan fingerprint density at radius 3 is 2.75 bits per heavy atom. The Hall–Kier alpha value is -3.52. The first-order valence-corrected chi connectivity index (χ1v) is 10.8. The maximum atomic E-state index is 13.6. The van der Waals surface area contributed by atoms with Crippen LogP contribution in [0, 0.1) is 13.8 Å². The number of aryl methyl sites for hydroxylation is 1. The number of aromatic nitrogens is 5. The number of nitrogens with zero attached hydrogens (tertiary/aromatic N) is 6. The summed E-state index contributed by atoms with van der Waals surface area (Å²) in [5.74, 6) is 0.718. The van der Waals surface area contributed by atoms with Gasteiger partial charge in [0.25, 0.3) is 5.91 Å². The zero-order chi connectivity index (χ0) is 22.2. The average Bonchev–Trinajstić information content (AvgIpc) is 3.56. The second-order valence-electron chi connectivity index (χ2n) is 7.85. The molecule has 0 saturated carbocycles. The Morgan fingerprint density at radius 2 is 1.94 bits per heavy atom. The van der Waals surface area contributed by atoms with E-state index in [0.717, 1.165) is 29.5 Å². The number of hydrogen-bond donors (Lipinski definition) is 0. The Morgan fingerprint density at radius 1 is 1.12 bits per heavy atom. The van der Waals surface area contributed by atoms with E-state index in [2.05, 4.69) is 20.4 Å². The normalized spacial score (nSPS) is 16.0. The third-order valence-corrected chi connectivity index (χ3v) is 6.16. The lowest BCUT2D eigenvalue weighted by Gasteiger charge is -2.23. The van der Waals surface area contributed by atoms with E-state index >= 15 is 0 Å². The lowest BCUT2D eigenvalue weighted by atomic mass is 10.1. The molecular weight excluding hydrogens is 428 g/mol. The van der Waals surface area contributed by atoms with E-state index in [4.69, 9.17) is 16.0 Å². The van der Waals surface area contributed by atoms with Gasteiger partial charge in [0, 0.05) is 17.1 Å². The third kappa shape index (κ3) is 3.56. The van der Waals surface area contributed by atoms with Crippen LogP contribution in [-0.4, -0.2) is 42.5 Å². The minimum absolute atomic E-state index is 0.109. The highest BCUT2D eigenvalue weighted by atomic mass is 35.5. The first kappa shape index (κ1) is 20.4. The van der Waals surface area contributed by atoms with Gasteiger partial charge in [0.2, 0.25) is 11.8 Å². The van der Waals surface area contributed by atoms with Gasteiger partial charge in [-0.2, -0.15) is 15.0 Å². The molecule has 1 saturated heterocycles. The highest BCUT2D eigenvalue weighted by Crippen LogP contribution is 2.35. The highest BCUT2D eigenvalue weighted by molar-refractivity contribution is 6.31. The van der Waals surface area contributed by atoms with Crippen molar-refractivity contribution in [1.82, 2.24) is 30.1 Å². The van der Waals surface area contributed by atoms with Crippen molar-refractivity contribution in [1.29, 1.82) is 0 Å². The van der Waals surface area contributed by atoms with Crippen LogP contribution < -0.4 is 0 Å². The molecular formula is C23H21ClN6O2. The van der Waals surface area contributed by atoms with Crippen LogP contribution in [0.4, 0.5) is 0 Å². The molecule has 0 spiro atoms. The zero-order valence-corrected chi connectivity index (χ0v) is 18.5. The SMILES string of the molecule is Cc1ccc(-n2nccn2)c(C(=O)N2CCC[C@H]2c2nnc(-c3cccc(Cl)c3C)o2)c1. The number of carbonyl (C=O) groups excluding carboxylic acids is 1. The van der Waals surface area contributed by atoms with Crippen LogP contribution >= 0.6 is 11.6 Å². The first-order chi connectivity index (χ1) is 15.5. The molecule has 3 heterocycles. The minimum Gasteiger partial charge on any atom is -0.418 e. The smallest absolute Gasteiger partial charge is 0.256 e. The van der Waals surface area contributed by atoms with Crippen molar-refractivity contribution in [3.63, 3.8) is 0 Å². The summed E-state index contributed by atoms with van der Waals surface area (Å²) in [7, 11) is 0. The fourth-order valence-electron chi connectivity index (χ4n) is 4.07. The van der Waals surface area contributed by atoms with Gasteiger partial charge in [-0.25, -0.2) is 0 Å². The number of halogens is 1. The average molecular weight is 449 g/mol. The summed E-state index contributed by atoms with van der Waals surface area (Å²) in [5, 5.41) is 17.5. The van der Waals surface area contributed by atoms with E-state index in [1.165, 1.54) is 4.80 Å².